The third kappa shape index (κ3) is 3.47. The van der Waals surface area contributed by atoms with Gasteiger partial charge in [0.15, 0.2) is 0 Å². The first-order valence-electron chi connectivity index (χ1n) is 4.41. The molecule has 1 heterocycles. The number of sulfone groups is 1. The minimum Gasteiger partial charge on any atom is -0.325 e. The fourth-order valence-electron chi connectivity index (χ4n) is 1.21. The minimum atomic E-state index is -2.87. The van der Waals surface area contributed by atoms with Crippen LogP contribution in [-0.4, -0.2) is 30.2 Å². The molecule has 0 aliphatic heterocycles. The van der Waals surface area contributed by atoms with E-state index in [0.29, 0.717) is 19.5 Å². The fraction of sp³-hybridized carbons (Fsp3) is 0.625. The minimum absolute atomic E-state index is 0.191. The first kappa shape index (κ1) is 11.2. The molecule has 0 amide bonds. The van der Waals surface area contributed by atoms with Crippen molar-refractivity contribution in [3.05, 3.63) is 18.0 Å². The van der Waals surface area contributed by atoms with E-state index < -0.39 is 9.84 Å². The Labute approximate surface area is 83.8 Å². The van der Waals surface area contributed by atoms with Gasteiger partial charge in [-0.15, -0.1) is 0 Å². The van der Waals surface area contributed by atoms with Crippen LogP contribution in [0.25, 0.3) is 0 Å². The Morgan fingerprint density at radius 2 is 2.29 bits per heavy atom. The molecule has 0 aliphatic rings. The highest BCUT2D eigenvalue weighted by Gasteiger charge is 2.04. The molecule has 14 heavy (non-hydrogen) atoms. The van der Waals surface area contributed by atoms with Gasteiger partial charge < -0.3 is 5.73 Å². The van der Waals surface area contributed by atoms with E-state index in [1.54, 1.807) is 10.9 Å². The Bertz CT molecular complexity index is 383. The van der Waals surface area contributed by atoms with Crippen LogP contribution in [-0.2, 0) is 22.9 Å². The summed E-state index contributed by atoms with van der Waals surface area (Å²) >= 11 is 0. The van der Waals surface area contributed by atoms with Crippen LogP contribution in [0.2, 0.25) is 0 Å². The summed E-state index contributed by atoms with van der Waals surface area (Å²) in [5.74, 6) is 0.191. The Balaban J connectivity index is 2.46. The second-order valence-electron chi connectivity index (χ2n) is 3.23. The van der Waals surface area contributed by atoms with Crippen LogP contribution in [0.3, 0.4) is 0 Å². The zero-order valence-corrected chi connectivity index (χ0v) is 9.00. The van der Waals surface area contributed by atoms with Crippen LogP contribution < -0.4 is 5.73 Å². The fourth-order valence-corrected chi connectivity index (χ4v) is 1.86. The van der Waals surface area contributed by atoms with Crippen molar-refractivity contribution in [1.29, 1.82) is 0 Å². The molecular formula is C8H15N3O2S. The Morgan fingerprint density at radius 3 is 2.86 bits per heavy atom. The number of aromatic nitrogens is 2. The number of aryl methyl sites for hydroxylation is 1. The quantitative estimate of drug-likeness (QED) is 0.739. The SMILES string of the molecule is CS(=O)(=O)CCCn1nccc1CN. The van der Waals surface area contributed by atoms with Crippen molar-refractivity contribution in [2.24, 2.45) is 5.73 Å². The molecule has 0 spiro atoms. The first-order chi connectivity index (χ1) is 6.53. The lowest BCUT2D eigenvalue weighted by atomic mass is 10.4. The van der Waals surface area contributed by atoms with Crippen molar-refractivity contribution in [2.75, 3.05) is 12.0 Å². The van der Waals surface area contributed by atoms with E-state index >= 15 is 0 Å². The molecule has 0 radical (unpaired) electrons. The molecule has 0 aliphatic carbocycles. The topological polar surface area (TPSA) is 78.0 Å². The molecule has 0 fully saturated rings. The molecule has 1 aromatic heterocycles. The second-order valence-corrected chi connectivity index (χ2v) is 5.49. The highest BCUT2D eigenvalue weighted by molar-refractivity contribution is 7.90. The number of hydrogen-bond acceptors (Lipinski definition) is 4. The van der Waals surface area contributed by atoms with Crippen molar-refractivity contribution >= 4 is 9.84 Å². The van der Waals surface area contributed by atoms with Crippen LogP contribution in [0.4, 0.5) is 0 Å². The van der Waals surface area contributed by atoms with Crippen molar-refractivity contribution in [1.82, 2.24) is 9.78 Å². The van der Waals surface area contributed by atoms with E-state index in [0.717, 1.165) is 5.69 Å². The van der Waals surface area contributed by atoms with Crippen LogP contribution in [0.15, 0.2) is 12.3 Å². The van der Waals surface area contributed by atoms with Crippen molar-refractivity contribution in [3.8, 4) is 0 Å². The zero-order chi connectivity index (χ0) is 10.6. The average Bonchev–Trinajstić information content (AvgIpc) is 2.49. The maximum Gasteiger partial charge on any atom is 0.147 e. The summed E-state index contributed by atoms with van der Waals surface area (Å²) in [6.07, 6.45) is 3.48. The largest absolute Gasteiger partial charge is 0.325 e. The van der Waals surface area contributed by atoms with Crippen molar-refractivity contribution in [3.63, 3.8) is 0 Å². The van der Waals surface area contributed by atoms with Crippen LogP contribution in [0, 0.1) is 0 Å². The predicted molar refractivity (Wildman–Crippen MR) is 54.4 cm³/mol. The molecule has 1 aromatic rings. The second kappa shape index (κ2) is 4.56. The van der Waals surface area contributed by atoms with Gasteiger partial charge >= 0.3 is 0 Å². The summed E-state index contributed by atoms with van der Waals surface area (Å²) in [6.45, 7) is 1.03. The molecule has 6 heteroatoms. The molecule has 80 valence electrons. The van der Waals surface area contributed by atoms with Crippen molar-refractivity contribution in [2.45, 2.75) is 19.5 Å². The summed E-state index contributed by atoms with van der Waals surface area (Å²) in [7, 11) is -2.87. The van der Waals surface area contributed by atoms with E-state index in [9.17, 15) is 8.42 Å². The molecule has 2 N–H and O–H groups in total. The molecule has 0 saturated heterocycles. The van der Waals surface area contributed by atoms with Gasteiger partial charge in [-0.2, -0.15) is 5.10 Å². The average molecular weight is 217 g/mol. The van der Waals surface area contributed by atoms with Crippen molar-refractivity contribution < 1.29 is 8.42 Å². The van der Waals surface area contributed by atoms with Gasteiger partial charge in [0.05, 0.1) is 11.4 Å². The summed E-state index contributed by atoms with van der Waals surface area (Å²) in [5.41, 5.74) is 6.40. The third-order valence-electron chi connectivity index (χ3n) is 1.90. The summed E-state index contributed by atoms with van der Waals surface area (Å²) in [5, 5.41) is 4.05. The van der Waals surface area contributed by atoms with E-state index in [2.05, 4.69) is 5.10 Å². The summed E-state index contributed by atoms with van der Waals surface area (Å²) in [4.78, 5) is 0. The summed E-state index contributed by atoms with van der Waals surface area (Å²) < 4.78 is 23.5. The molecule has 0 saturated carbocycles. The predicted octanol–water partition coefficient (Wildman–Crippen LogP) is -0.224. The van der Waals surface area contributed by atoms with E-state index in [1.807, 2.05) is 6.07 Å². The van der Waals surface area contributed by atoms with E-state index in [-0.39, 0.29) is 5.75 Å². The van der Waals surface area contributed by atoms with Gasteiger partial charge in [0.1, 0.15) is 9.84 Å². The van der Waals surface area contributed by atoms with Crippen LogP contribution in [0.5, 0.6) is 0 Å². The van der Waals surface area contributed by atoms with Crippen LogP contribution in [0.1, 0.15) is 12.1 Å². The maximum atomic E-state index is 10.9. The van der Waals surface area contributed by atoms with E-state index in [1.165, 1.54) is 6.26 Å². The lowest BCUT2D eigenvalue weighted by Gasteiger charge is -2.04. The van der Waals surface area contributed by atoms with Gasteiger partial charge in [0, 0.05) is 25.5 Å². The number of nitrogens with two attached hydrogens (primary N) is 1. The monoisotopic (exact) mass is 217 g/mol. The Morgan fingerprint density at radius 1 is 1.57 bits per heavy atom. The Kier molecular flexibility index (Phi) is 3.65. The maximum absolute atomic E-state index is 10.9. The molecule has 0 aromatic carbocycles. The summed E-state index contributed by atoms with van der Waals surface area (Å²) in [6, 6.07) is 1.83. The zero-order valence-electron chi connectivity index (χ0n) is 8.18. The molecular weight excluding hydrogens is 202 g/mol. The van der Waals surface area contributed by atoms with Crippen LogP contribution >= 0.6 is 0 Å². The molecule has 0 unspecified atom stereocenters. The lowest BCUT2D eigenvalue weighted by Crippen LogP contribution is -2.12. The van der Waals surface area contributed by atoms with Gasteiger partial charge in [-0.3, -0.25) is 4.68 Å². The number of rotatable bonds is 5. The van der Waals surface area contributed by atoms with Gasteiger partial charge in [-0.25, -0.2) is 8.42 Å². The molecule has 1 rings (SSSR count). The molecule has 0 atom stereocenters. The first-order valence-corrected chi connectivity index (χ1v) is 6.47. The van der Waals surface area contributed by atoms with E-state index in [4.69, 9.17) is 5.73 Å². The third-order valence-corrected chi connectivity index (χ3v) is 2.93. The highest BCUT2D eigenvalue weighted by Crippen LogP contribution is 2.00. The van der Waals surface area contributed by atoms with Gasteiger partial charge in [0.25, 0.3) is 0 Å². The Hall–Kier alpha value is -0.880. The standard InChI is InChI=1S/C8H15N3O2S/c1-14(12,13)6-2-5-11-8(7-9)3-4-10-11/h3-4H,2,5-7,9H2,1H3. The van der Waals surface area contributed by atoms with Gasteiger partial charge in [-0.1, -0.05) is 0 Å². The number of hydrogen-bond donors (Lipinski definition) is 1. The lowest BCUT2D eigenvalue weighted by molar-refractivity contribution is 0.561. The number of nitrogens with zero attached hydrogens (tertiary/aromatic N) is 2. The van der Waals surface area contributed by atoms with Gasteiger partial charge in [-0.05, 0) is 12.5 Å². The van der Waals surface area contributed by atoms with Gasteiger partial charge in [0.2, 0.25) is 0 Å². The normalized spacial score (nSPS) is 11.9. The molecule has 5 nitrogen and oxygen atoms in total. The smallest absolute Gasteiger partial charge is 0.147 e. The molecule has 0 bridgehead atoms. The highest BCUT2D eigenvalue weighted by atomic mass is 32.2.